The van der Waals surface area contributed by atoms with Crippen LogP contribution in [0.3, 0.4) is 0 Å². The van der Waals surface area contributed by atoms with E-state index in [9.17, 15) is 0 Å². The molecule has 0 bridgehead atoms. The number of hydrogen-bond donors (Lipinski definition) is 2. The maximum absolute atomic E-state index is 6.02. The molecule has 1 heterocycles. The highest BCUT2D eigenvalue weighted by Gasteiger charge is 2.04. The molecule has 0 saturated heterocycles. The van der Waals surface area contributed by atoms with Crippen LogP contribution >= 0.6 is 0 Å². The molecule has 1 aromatic heterocycles. The smallest absolute Gasteiger partial charge is 0.144 e. The highest BCUT2D eigenvalue weighted by Crippen LogP contribution is 2.29. The third kappa shape index (κ3) is 2.94. The van der Waals surface area contributed by atoms with Crippen molar-refractivity contribution in [3.63, 3.8) is 0 Å². The summed E-state index contributed by atoms with van der Waals surface area (Å²) in [6.07, 6.45) is 5.49. The minimum absolute atomic E-state index is 0.614. The lowest BCUT2D eigenvalue weighted by Gasteiger charge is -2.13. The Morgan fingerprint density at radius 1 is 1.44 bits per heavy atom. The highest BCUT2D eigenvalue weighted by molar-refractivity contribution is 5.72. The minimum Gasteiger partial charge on any atom is -0.492 e. The van der Waals surface area contributed by atoms with E-state index in [1.807, 2.05) is 35.9 Å². The molecule has 0 radical (unpaired) electrons. The first-order chi connectivity index (χ1) is 8.81. The van der Waals surface area contributed by atoms with Gasteiger partial charge in [-0.25, -0.2) is 4.98 Å². The van der Waals surface area contributed by atoms with E-state index in [0.717, 1.165) is 24.5 Å². The molecule has 2 rings (SSSR count). The molecule has 0 amide bonds. The quantitative estimate of drug-likeness (QED) is 0.765. The van der Waals surface area contributed by atoms with Crippen LogP contribution in [-0.4, -0.2) is 22.7 Å². The predicted octanol–water partition coefficient (Wildman–Crippen LogP) is 1.98. The van der Waals surface area contributed by atoms with Gasteiger partial charge in [0.2, 0.25) is 0 Å². The summed E-state index contributed by atoms with van der Waals surface area (Å²) in [6.45, 7) is 4.19. The maximum Gasteiger partial charge on any atom is 0.144 e. The van der Waals surface area contributed by atoms with Crippen molar-refractivity contribution in [1.29, 1.82) is 0 Å². The van der Waals surface area contributed by atoms with Crippen molar-refractivity contribution in [1.82, 2.24) is 9.55 Å². The molecule has 0 atom stereocenters. The molecular formula is C13H18N4O. The Hall–Kier alpha value is -2.17. The topological polar surface area (TPSA) is 65.1 Å². The number of benzene rings is 1. The van der Waals surface area contributed by atoms with Gasteiger partial charge in [0.05, 0.1) is 24.3 Å². The van der Waals surface area contributed by atoms with Gasteiger partial charge in [-0.15, -0.1) is 0 Å². The zero-order valence-electron chi connectivity index (χ0n) is 10.5. The number of anilines is 2. The van der Waals surface area contributed by atoms with E-state index in [-0.39, 0.29) is 0 Å². The number of hydrogen-bond acceptors (Lipinski definition) is 4. The number of ether oxygens (including phenoxy) is 1. The van der Waals surface area contributed by atoms with Crippen LogP contribution in [0.25, 0.3) is 0 Å². The Kier molecular flexibility index (Phi) is 4.06. The fraction of sp³-hybridized carbons (Fsp3) is 0.308. The second-order valence-corrected chi connectivity index (χ2v) is 3.88. The van der Waals surface area contributed by atoms with Gasteiger partial charge < -0.3 is 20.4 Å². The Morgan fingerprint density at radius 2 is 2.33 bits per heavy atom. The fourth-order valence-electron chi connectivity index (χ4n) is 1.72. The number of nitrogens with two attached hydrogens (primary N) is 1. The molecule has 3 N–H and O–H groups in total. The number of nitrogen functional groups attached to an aromatic ring is 1. The normalized spacial score (nSPS) is 10.3. The van der Waals surface area contributed by atoms with Crippen molar-refractivity contribution >= 4 is 11.4 Å². The molecule has 5 nitrogen and oxygen atoms in total. The van der Waals surface area contributed by atoms with Gasteiger partial charge in [-0.2, -0.15) is 0 Å². The predicted molar refractivity (Wildman–Crippen MR) is 72.7 cm³/mol. The SMILES string of the molecule is CCOc1cccc(NCCn2ccnc2)c1N. The molecule has 0 unspecified atom stereocenters. The van der Waals surface area contributed by atoms with Gasteiger partial charge in [0.25, 0.3) is 0 Å². The summed E-state index contributed by atoms with van der Waals surface area (Å²) in [7, 11) is 0. The number of imidazole rings is 1. The van der Waals surface area contributed by atoms with Gasteiger partial charge in [-0.1, -0.05) is 6.07 Å². The van der Waals surface area contributed by atoms with E-state index in [2.05, 4.69) is 10.3 Å². The molecule has 18 heavy (non-hydrogen) atoms. The summed E-state index contributed by atoms with van der Waals surface area (Å²) in [5, 5.41) is 3.30. The van der Waals surface area contributed by atoms with Gasteiger partial charge in [0.15, 0.2) is 0 Å². The molecule has 0 spiro atoms. The fourth-order valence-corrected chi connectivity index (χ4v) is 1.72. The molecule has 96 valence electrons. The summed E-state index contributed by atoms with van der Waals surface area (Å²) >= 11 is 0. The van der Waals surface area contributed by atoms with Crippen LogP contribution in [0, 0.1) is 0 Å². The Balaban J connectivity index is 1.94. The first kappa shape index (κ1) is 12.3. The number of rotatable bonds is 6. The van der Waals surface area contributed by atoms with Gasteiger partial charge in [-0.05, 0) is 19.1 Å². The van der Waals surface area contributed by atoms with Crippen LogP contribution in [0.1, 0.15) is 6.92 Å². The summed E-state index contributed by atoms with van der Waals surface area (Å²) in [5.41, 5.74) is 7.58. The largest absolute Gasteiger partial charge is 0.492 e. The molecule has 0 fully saturated rings. The summed E-state index contributed by atoms with van der Waals surface area (Å²) < 4.78 is 7.46. The van der Waals surface area contributed by atoms with E-state index in [0.29, 0.717) is 12.3 Å². The molecular weight excluding hydrogens is 228 g/mol. The Bertz CT molecular complexity index is 482. The minimum atomic E-state index is 0.614. The average Bonchev–Trinajstić information content (AvgIpc) is 2.87. The van der Waals surface area contributed by atoms with Crippen molar-refractivity contribution in [3.05, 3.63) is 36.9 Å². The molecule has 0 saturated carbocycles. The van der Waals surface area contributed by atoms with Crippen LogP contribution in [0.2, 0.25) is 0 Å². The zero-order valence-corrected chi connectivity index (χ0v) is 10.5. The lowest BCUT2D eigenvalue weighted by molar-refractivity contribution is 0.342. The summed E-state index contributed by atoms with van der Waals surface area (Å²) in [5.74, 6) is 0.727. The number of para-hydroxylation sites is 1. The Labute approximate surface area is 107 Å². The van der Waals surface area contributed by atoms with E-state index in [1.165, 1.54) is 0 Å². The van der Waals surface area contributed by atoms with Gasteiger partial charge in [0.1, 0.15) is 5.75 Å². The summed E-state index contributed by atoms with van der Waals surface area (Å²) in [4.78, 5) is 3.99. The number of nitrogens with zero attached hydrogens (tertiary/aromatic N) is 2. The lowest BCUT2D eigenvalue weighted by Crippen LogP contribution is -2.11. The van der Waals surface area contributed by atoms with Crippen LogP contribution < -0.4 is 15.8 Å². The number of aromatic nitrogens is 2. The van der Waals surface area contributed by atoms with Gasteiger partial charge in [0, 0.05) is 25.5 Å². The van der Waals surface area contributed by atoms with Crippen molar-refractivity contribution in [2.75, 3.05) is 24.2 Å². The van der Waals surface area contributed by atoms with Crippen molar-refractivity contribution < 1.29 is 4.74 Å². The molecule has 5 heteroatoms. The van der Waals surface area contributed by atoms with Crippen molar-refractivity contribution in [2.45, 2.75) is 13.5 Å². The first-order valence-corrected chi connectivity index (χ1v) is 6.02. The second-order valence-electron chi connectivity index (χ2n) is 3.88. The average molecular weight is 246 g/mol. The standard InChI is InChI=1S/C13H18N4O/c1-2-18-12-5-3-4-11(13(12)14)16-7-9-17-8-6-15-10-17/h3-6,8,10,16H,2,7,9,14H2,1H3. The van der Waals surface area contributed by atoms with E-state index < -0.39 is 0 Å². The van der Waals surface area contributed by atoms with Crippen LogP contribution in [-0.2, 0) is 6.54 Å². The molecule has 0 aliphatic heterocycles. The van der Waals surface area contributed by atoms with E-state index >= 15 is 0 Å². The van der Waals surface area contributed by atoms with Crippen LogP contribution in [0.5, 0.6) is 5.75 Å². The highest BCUT2D eigenvalue weighted by atomic mass is 16.5. The maximum atomic E-state index is 6.02. The molecule has 1 aromatic carbocycles. The Morgan fingerprint density at radius 3 is 3.06 bits per heavy atom. The van der Waals surface area contributed by atoms with Gasteiger partial charge >= 0.3 is 0 Å². The van der Waals surface area contributed by atoms with Crippen molar-refractivity contribution in [3.8, 4) is 5.75 Å². The van der Waals surface area contributed by atoms with Gasteiger partial charge in [-0.3, -0.25) is 0 Å². The summed E-state index contributed by atoms with van der Waals surface area (Å²) in [6, 6.07) is 5.76. The monoisotopic (exact) mass is 246 g/mol. The second kappa shape index (κ2) is 5.95. The first-order valence-electron chi connectivity index (χ1n) is 6.02. The lowest BCUT2D eigenvalue weighted by atomic mass is 10.2. The molecule has 0 aliphatic carbocycles. The van der Waals surface area contributed by atoms with Crippen LogP contribution in [0.4, 0.5) is 11.4 Å². The van der Waals surface area contributed by atoms with Crippen LogP contribution in [0.15, 0.2) is 36.9 Å². The van der Waals surface area contributed by atoms with E-state index in [4.69, 9.17) is 10.5 Å². The zero-order chi connectivity index (χ0) is 12.8. The third-order valence-electron chi connectivity index (χ3n) is 2.61. The van der Waals surface area contributed by atoms with Crippen molar-refractivity contribution in [2.24, 2.45) is 0 Å². The molecule has 2 aromatic rings. The molecule has 0 aliphatic rings. The number of nitrogens with one attached hydrogen (secondary N) is 1. The van der Waals surface area contributed by atoms with E-state index in [1.54, 1.807) is 12.5 Å². The third-order valence-corrected chi connectivity index (χ3v) is 2.61.